The molecule has 1 unspecified atom stereocenters. The number of aryl methyl sites for hydroxylation is 1. The highest BCUT2D eigenvalue weighted by Crippen LogP contribution is 2.14. The molecule has 1 aromatic carbocycles. The number of nitrogens with two attached hydrogens (primary N) is 1. The van der Waals surface area contributed by atoms with E-state index in [2.05, 4.69) is 29.3 Å². The molecule has 0 saturated carbocycles. The minimum Gasteiger partial charge on any atom is -0.341 e. The zero-order valence-corrected chi connectivity index (χ0v) is 14.6. The normalized spacial score (nSPS) is 16.7. The van der Waals surface area contributed by atoms with E-state index in [1.165, 1.54) is 5.56 Å². The van der Waals surface area contributed by atoms with E-state index in [0.29, 0.717) is 19.6 Å². The van der Waals surface area contributed by atoms with Crippen molar-refractivity contribution in [2.45, 2.75) is 26.3 Å². The van der Waals surface area contributed by atoms with Crippen LogP contribution in [0.1, 0.15) is 31.0 Å². The van der Waals surface area contributed by atoms with Gasteiger partial charge in [0.05, 0.1) is 6.04 Å². The van der Waals surface area contributed by atoms with Gasteiger partial charge in [-0.15, -0.1) is 0 Å². The number of rotatable bonds is 5. The predicted molar refractivity (Wildman–Crippen MR) is 94.5 cm³/mol. The molecule has 0 aromatic heterocycles. The van der Waals surface area contributed by atoms with E-state index in [4.69, 9.17) is 5.73 Å². The van der Waals surface area contributed by atoms with Crippen LogP contribution in [0.3, 0.4) is 0 Å². The lowest BCUT2D eigenvalue weighted by molar-refractivity contribution is -0.147. The van der Waals surface area contributed by atoms with Crippen LogP contribution in [0.4, 0.5) is 0 Å². The van der Waals surface area contributed by atoms with Crippen LogP contribution >= 0.6 is 0 Å². The molecule has 0 spiro atoms. The Morgan fingerprint density at radius 3 is 2.33 bits per heavy atom. The van der Waals surface area contributed by atoms with Crippen LogP contribution < -0.4 is 11.1 Å². The summed E-state index contributed by atoms with van der Waals surface area (Å²) in [6, 6.07) is 7.91. The van der Waals surface area contributed by atoms with Crippen molar-refractivity contribution in [3.8, 4) is 0 Å². The maximum absolute atomic E-state index is 12.3. The van der Waals surface area contributed by atoms with Gasteiger partial charge in [-0.3, -0.25) is 14.5 Å². The van der Waals surface area contributed by atoms with Crippen LogP contribution in [0, 0.1) is 0 Å². The highest BCUT2D eigenvalue weighted by Gasteiger charge is 2.26. The lowest BCUT2D eigenvalue weighted by Gasteiger charge is -2.34. The Bertz CT molecular complexity index is 551. The van der Waals surface area contributed by atoms with Gasteiger partial charge in [-0.1, -0.05) is 31.2 Å². The van der Waals surface area contributed by atoms with E-state index in [9.17, 15) is 9.59 Å². The highest BCUT2D eigenvalue weighted by atomic mass is 16.2. The lowest BCUT2D eigenvalue weighted by Crippen LogP contribution is -2.53. The number of hydrogen-bond acceptors (Lipinski definition) is 4. The molecule has 2 rings (SSSR count). The standard InChI is InChI=1S/C18H28N4O2/c1-3-15-4-6-16(7-5-15)14(2)20-17(23)18(24)22-12-10-21(9-8-19)11-13-22/h4-7,14H,3,8-13,19H2,1-2H3,(H,20,23). The Balaban J connectivity index is 1.85. The van der Waals surface area contributed by atoms with E-state index < -0.39 is 11.8 Å². The first kappa shape index (κ1) is 18.4. The number of hydrogen-bond donors (Lipinski definition) is 2. The highest BCUT2D eigenvalue weighted by molar-refractivity contribution is 6.35. The molecule has 1 aromatic rings. The van der Waals surface area contributed by atoms with Crippen molar-refractivity contribution >= 4 is 11.8 Å². The monoisotopic (exact) mass is 332 g/mol. The number of amides is 2. The van der Waals surface area contributed by atoms with Gasteiger partial charge < -0.3 is 16.0 Å². The van der Waals surface area contributed by atoms with Gasteiger partial charge in [-0.25, -0.2) is 0 Å². The predicted octanol–water partition coefficient (Wildman–Crippen LogP) is 0.529. The van der Waals surface area contributed by atoms with Crippen molar-refractivity contribution in [1.29, 1.82) is 0 Å². The van der Waals surface area contributed by atoms with Gasteiger partial charge in [0.1, 0.15) is 0 Å². The molecule has 2 amide bonds. The van der Waals surface area contributed by atoms with Gasteiger partial charge in [0.15, 0.2) is 0 Å². The molecule has 6 nitrogen and oxygen atoms in total. The maximum atomic E-state index is 12.3. The van der Waals surface area contributed by atoms with Crippen LogP contribution in [0.25, 0.3) is 0 Å². The fourth-order valence-electron chi connectivity index (χ4n) is 2.88. The largest absolute Gasteiger partial charge is 0.341 e. The smallest absolute Gasteiger partial charge is 0.311 e. The van der Waals surface area contributed by atoms with Crippen molar-refractivity contribution in [3.63, 3.8) is 0 Å². The van der Waals surface area contributed by atoms with Crippen LogP contribution in [0.5, 0.6) is 0 Å². The van der Waals surface area contributed by atoms with Crippen molar-refractivity contribution in [1.82, 2.24) is 15.1 Å². The fraction of sp³-hybridized carbons (Fsp3) is 0.556. The molecule has 0 bridgehead atoms. The molecular formula is C18H28N4O2. The van der Waals surface area contributed by atoms with E-state index in [0.717, 1.165) is 31.6 Å². The minimum absolute atomic E-state index is 0.189. The van der Waals surface area contributed by atoms with Gasteiger partial charge >= 0.3 is 11.8 Å². The quantitative estimate of drug-likeness (QED) is 0.771. The summed E-state index contributed by atoms with van der Waals surface area (Å²) < 4.78 is 0. The molecule has 1 aliphatic rings. The first-order valence-electron chi connectivity index (χ1n) is 8.66. The second-order valence-electron chi connectivity index (χ2n) is 6.21. The zero-order chi connectivity index (χ0) is 17.5. The van der Waals surface area contributed by atoms with Crippen LogP contribution in [-0.2, 0) is 16.0 Å². The molecule has 1 saturated heterocycles. The summed E-state index contributed by atoms with van der Waals surface area (Å²) in [6.45, 7) is 8.13. The third-order valence-corrected chi connectivity index (χ3v) is 4.53. The van der Waals surface area contributed by atoms with Crippen molar-refractivity contribution in [2.75, 3.05) is 39.3 Å². The van der Waals surface area contributed by atoms with Gasteiger partial charge in [-0.05, 0) is 24.5 Å². The minimum atomic E-state index is -0.533. The van der Waals surface area contributed by atoms with E-state index in [1.807, 2.05) is 19.1 Å². The number of carbonyl (C=O) groups excluding carboxylic acids is 2. The summed E-state index contributed by atoms with van der Waals surface area (Å²) in [4.78, 5) is 28.3. The molecule has 1 fully saturated rings. The molecule has 3 N–H and O–H groups in total. The summed E-state index contributed by atoms with van der Waals surface area (Å²) in [5.74, 6) is -0.978. The average molecular weight is 332 g/mol. The molecule has 0 aliphatic carbocycles. The van der Waals surface area contributed by atoms with E-state index >= 15 is 0 Å². The molecular weight excluding hydrogens is 304 g/mol. The average Bonchev–Trinajstić information content (AvgIpc) is 2.62. The van der Waals surface area contributed by atoms with Crippen LogP contribution in [0.2, 0.25) is 0 Å². The van der Waals surface area contributed by atoms with E-state index in [1.54, 1.807) is 4.90 Å². The summed E-state index contributed by atoms with van der Waals surface area (Å²) in [7, 11) is 0. The van der Waals surface area contributed by atoms with Crippen LogP contribution in [-0.4, -0.2) is 60.9 Å². The third-order valence-electron chi connectivity index (χ3n) is 4.53. The Morgan fingerprint density at radius 2 is 1.79 bits per heavy atom. The fourth-order valence-corrected chi connectivity index (χ4v) is 2.88. The summed E-state index contributed by atoms with van der Waals surface area (Å²) >= 11 is 0. The summed E-state index contributed by atoms with van der Waals surface area (Å²) in [5.41, 5.74) is 7.80. The Labute approximate surface area is 144 Å². The van der Waals surface area contributed by atoms with Gasteiger partial charge in [0.2, 0.25) is 0 Å². The molecule has 0 radical (unpaired) electrons. The van der Waals surface area contributed by atoms with E-state index in [-0.39, 0.29) is 6.04 Å². The zero-order valence-electron chi connectivity index (χ0n) is 14.6. The Kier molecular flexibility index (Phi) is 6.75. The maximum Gasteiger partial charge on any atom is 0.311 e. The number of carbonyl (C=O) groups is 2. The third kappa shape index (κ3) is 4.79. The summed E-state index contributed by atoms with van der Waals surface area (Å²) in [6.07, 6.45) is 0.982. The molecule has 1 heterocycles. The lowest BCUT2D eigenvalue weighted by atomic mass is 10.0. The first-order chi connectivity index (χ1) is 11.5. The molecule has 24 heavy (non-hydrogen) atoms. The number of nitrogens with one attached hydrogen (secondary N) is 1. The Hall–Kier alpha value is -1.92. The second kappa shape index (κ2) is 8.80. The number of benzene rings is 1. The SMILES string of the molecule is CCc1ccc(C(C)NC(=O)C(=O)N2CCN(CCN)CC2)cc1. The first-order valence-corrected chi connectivity index (χ1v) is 8.66. The molecule has 1 aliphatic heterocycles. The molecule has 1 atom stereocenters. The van der Waals surface area contributed by atoms with Crippen LogP contribution in [0.15, 0.2) is 24.3 Å². The topological polar surface area (TPSA) is 78.7 Å². The van der Waals surface area contributed by atoms with Gasteiger partial charge in [0, 0.05) is 39.3 Å². The number of piperazine rings is 1. The van der Waals surface area contributed by atoms with Gasteiger partial charge in [-0.2, -0.15) is 0 Å². The summed E-state index contributed by atoms with van der Waals surface area (Å²) in [5, 5.41) is 2.80. The number of nitrogens with zero attached hydrogens (tertiary/aromatic N) is 2. The van der Waals surface area contributed by atoms with Crippen molar-refractivity contribution < 1.29 is 9.59 Å². The van der Waals surface area contributed by atoms with Crippen molar-refractivity contribution in [3.05, 3.63) is 35.4 Å². The molecule has 132 valence electrons. The van der Waals surface area contributed by atoms with Crippen molar-refractivity contribution in [2.24, 2.45) is 5.73 Å². The van der Waals surface area contributed by atoms with Gasteiger partial charge in [0.25, 0.3) is 0 Å². The Morgan fingerprint density at radius 1 is 1.17 bits per heavy atom. The molecule has 6 heteroatoms. The second-order valence-corrected chi connectivity index (χ2v) is 6.21.